The minimum Gasteiger partial charge on any atom is -0.481 e. The minimum absolute atomic E-state index is 0.313. The number of rotatable bonds is 10. The summed E-state index contributed by atoms with van der Waals surface area (Å²) >= 11 is 0. The molecule has 0 amide bonds. The third kappa shape index (κ3) is 12.2. The van der Waals surface area contributed by atoms with Crippen LogP contribution in [0.2, 0.25) is 6.04 Å². The molecule has 0 bridgehead atoms. The lowest BCUT2D eigenvalue weighted by atomic mass is 10.8. The van der Waals surface area contributed by atoms with Crippen LogP contribution in [0.25, 0.3) is 0 Å². The van der Waals surface area contributed by atoms with Crippen molar-refractivity contribution in [3.8, 4) is 0 Å². The highest BCUT2D eigenvalue weighted by Crippen LogP contribution is 1.89. The largest absolute Gasteiger partial charge is 0.481 e. The number of carboxylic acids is 1. The first kappa shape index (κ1) is 15.3. The number of aliphatic carboxylic acids is 1. The first-order valence-electron chi connectivity index (χ1n) is 4.02. The molecule has 0 radical (unpaired) electrons. The Hall–Kier alpha value is 0.314. The van der Waals surface area contributed by atoms with Gasteiger partial charge in [0.1, 0.15) is 0 Å². The van der Waals surface area contributed by atoms with Gasteiger partial charge in [-0.3, -0.25) is 4.79 Å². The second-order valence-corrected chi connectivity index (χ2v) is 10.8. The molecular formula is C2H14O8Si5. The van der Waals surface area contributed by atoms with E-state index in [1.54, 1.807) is 0 Å². The zero-order valence-electron chi connectivity index (χ0n) is 8.00. The summed E-state index contributed by atoms with van der Waals surface area (Å²) in [5.41, 5.74) is 0. The summed E-state index contributed by atoms with van der Waals surface area (Å²) < 4.78 is 19.7. The Bertz CT molecular complexity index is 167. The average Bonchev–Trinajstić information content (AvgIpc) is 2.15. The fourth-order valence-corrected chi connectivity index (χ4v) is 7.11. The smallest absolute Gasteiger partial charge is 0.320 e. The molecule has 0 saturated heterocycles. The van der Waals surface area contributed by atoms with Crippen molar-refractivity contribution in [1.29, 1.82) is 0 Å². The van der Waals surface area contributed by atoms with Crippen molar-refractivity contribution in [3.63, 3.8) is 0 Å². The molecule has 3 N–H and O–H groups in total. The Morgan fingerprint density at radius 1 is 1.20 bits per heavy atom. The molecule has 0 spiro atoms. The normalized spacial score (nSPS) is 15.9. The van der Waals surface area contributed by atoms with E-state index in [0.29, 0.717) is 0 Å². The minimum atomic E-state index is -2.57. The third-order valence-electron chi connectivity index (χ3n) is 1.12. The molecule has 13 heteroatoms. The van der Waals surface area contributed by atoms with Crippen molar-refractivity contribution in [2.24, 2.45) is 0 Å². The van der Waals surface area contributed by atoms with Gasteiger partial charge in [0, 0.05) is 0 Å². The summed E-state index contributed by atoms with van der Waals surface area (Å²) in [6, 6.07) is -0.313. The van der Waals surface area contributed by atoms with E-state index in [-0.39, 0.29) is 6.04 Å². The second kappa shape index (κ2) is 10.8. The summed E-state index contributed by atoms with van der Waals surface area (Å²) in [4.78, 5) is 27.6. The van der Waals surface area contributed by atoms with Gasteiger partial charge in [-0.2, -0.15) is 0 Å². The van der Waals surface area contributed by atoms with Gasteiger partial charge in [-0.25, -0.2) is 0 Å². The molecule has 0 aliphatic heterocycles. The molecule has 0 rings (SSSR count). The van der Waals surface area contributed by atoms with E-state index in [2.05, 4.69) is 0 Å². The summed E-state index contributed by atoms with van der Waals surface area (Å²) in [6.07, 6.45) is 0. The first-order chi connectivity index (χ1) is 7.16. The highest BCUT2D eigenvalue weighted by Gasteiger charge is 2.12. The van der Waals surface area contributed by atoms with Crippen molar-refractivity contribution in [2.45, 2.75) is 6.04 Å². The maximum absolute atomic E-state index is 10.1. The molecule has 0 aliphatic rings. The monoisotopic (exact) mass is 306 g/mol. The molecule has 8 nitrogen and oxygen atoms in total. The summed E-state index contributed by atoms with van der Waals surface area (Å²) in [5, 5.41) is 8.31. The SMILES string of the molecule is O=C(O)C[SiH](O)O[SiH2]O[SiH2]O[SiH2]O[SiH2]O. The van der Waals surface area contributed by atoms with Crippen LogP contribution in [0.5, 0.6) is 0 Å². The van der Waals surface area contributed by atoms with Crippen LogP contribution < -0.4 is 0 Å². The van der Waals surface area contributed by atoms with Gasteiger partial charge < -0.3 is 31.2 Å². The molecule has 1 unspecified atom stereocenters. The van der Waals surface area contributed by atoms with Gasteiger partial charge in [-0.15, -0.1) is 0 Å². The van der Waals surface area contributed by atoms with Crippen LogP contribution in [0.4, 0.5) is 0 Å². The molecule has 0 aromatic rings. The number of carbonyl (C=O) groups is 1. The zero-order chi connectivity index (χ0) is 11.5. The number of carboxylic acid groups (broad SMARTS) is 1. The quantitative estimate of drug-likeness (QED) is 0.270. The highest BCUT2D eigenvalue weighted by molar-refractivity contribution is 6.55. The Labute approximate surface area is 97.6 Å². The molecule has 0 aromatic carbocycles. The van der Waals surface area contributed by atoms with E-state index in [4.69, 9.17) is 31.2 Å². The number of hydrogen-bond acceptors (Lipinski definition) is 7. The second-order valence-electron chi connectivity index (χ2n) is 2.31. The fraction of sp³-hybridized carbons (Fsp3) is 0.500. The van der Waals surface area contributed by atoms with Gasteiger partial charge in [0.25, 0.3) is 40.0 Å². The van der Waals surface area contributed by atoms with Crippen molar-refractivity contribution in [1.82, 2.24) is 0 Å². The predicted molar refractivity (Wildman–Crippen MR) is 62.5 cm³/mol. The molecule has 1 atom stereocenters. The van der Waals surface area contributed by atoms with Gasteiger partial charge in [0.15, 0.2) is 0 Å². The van der Waals surface area contributed by atoms with Crippen LogP contribution >= 0.6 is 0 Å². The predicted octanol–water partition coefficient (Wildman–Crippen LogP) is -5.66. The van der Waals surface area contributed by atoms with Crippen molar-refractivity contribution < 1.29 is 36.0 Å². The van der Waals surface area contributed by atoms with E-state index < -0.39 is 55.3 Å². The van der Waals surface area contributed by atoms with E-state index in [0.717, 1.165) is 0 Å². The number of hydrogen-bond donors (Lipinski definition) is 3. The lowest BCUT2D eigenvalue weighted by Crippen LogP contribution is -2.26. The molecule has 0 aromatic heterocycles. The van der Waals surface area contributed by atoms with Crippen LogP contribution in [0, 0.1) is 0 Å². The van der Waals surface area contributed by atoms with E-state index >= 15 is 0 Å². The summed E-state index contributed by atoms with van der Waals surface area (Å²) in [7, 11) is -7.47. The molecule has 0 aliphatic carbocycles. The summed E-state index contributed by atoms with van der Waals surface area (Å²) in [5.74, 6) is -1.06. The fourth-order valence-electron chi connectivity index (χ4n) is 0.558. The van der Waals surface area contributed by atoms with Crippen LogP contribution in [-0.4, -0.2) is 70.0 Å². The topological polar surface area (TPSA) is 115 Å². The van der Waals surface area contributed by atoms with Crippen LogP contribution in [0.3, 0.4) is 0 Å². The van der Waals surface area contributed by atoms with Gasteiger partial charge in [0.05, 0.1) is 6.04 Å². The van der Waals surface area contributed by atoms with Crippen LogP contribution in [0.15, 0.2) is 0 Å². The zero-order valence-corrected chi connectivity index (χ0v) is 14.8. The van der Waals surface area contributed by atoms with Gasteiger partial charge in [-0.05, 0) is 0 Å². The Morgan fingerprint density at radius 3 is 2.40 bits per heavy atom. The van der Waals surface area contributed by atoms with Gasteiger partial charge in [0.2, 0.25) is 0 Å². The standard InChI is InChI=1S/C2H14O8Si5/c3-2(4)1-15(6)10-14-9-13-8-12-7-11-5/h5-6,15H,1,11-14H2,(H,3,4). The Balaban J connectivity index is 3.13. The third-order valence-corrected chi connectivity index (χ3v) is 7.96. The highest BCUT2D eigenvalue weighted by atomic mass is 28.4. The molecule has 0 fully saturated rings. The molecule has 15 heavy (non-hydrogen) atoms. The lowest BCUT2D eigenvalue weighted by Gasteiger charge is -2.08. The Kier molecular flexibility index (Phi) is 11.0. The van der Waals surface area contributed by atoms with Gasteiger partial charge in [-0.1, -0.05) is 0 Å². The lowest BCUT2D eigenvalue weighted by molar-refractivity contribution is -0.134. The van der Waals surface area contributed by atoms with Crippen molar-refractivity contribution in [3.05, 3.63) is 0 Å². The molecule has 0 saturated carbocycles. The Morgan fingerprint density at radius 2 is 1.80 bits per heavy atom. The van der Waals surface area contributed by atoms with Crippen molar-refractivity contribution in [2.75, 3.05) is 0 Å². The maximum atomic E-state index is 10.1. The molecule has 0 heterocycles. The van der Waals surface area contributed by atoms with Crippen molar-refractivity contribution >= 4 is 55.3 Å². The molecular weight excluding hydrogens is 292 g/mol. The summed E-state index contributed by atoms with van der Waals surface area (Å²) in [6.45, 7) is 0. The maximum Gasteiger partial charge on any atom is 0.320 e. The van der Waals surface area contributed by atoms with E-state index in [1.807, 2.05) is 0 Å². The van der Waals surface area contributed by atoms with Crippen LogP contribution in [-0.2, 0) is 21.3 Å². The average molecular weight is 307 g/mol. The first-order valence-corrected chi connectivity index (χ1v) is 10.5. The van der Waals surface area contributed by atoms with E-state index in [9.17, 15) is 4.79 Å². The molecule has 90 valence electrons. The van der Waals surface area contributed by atoms with Gasteiger partial charge >= 0.3 is 15.3 Å². The van der Waals surface area contributed by atoms with E-state index in [1.165, 1.54) is 0 Å². The van der Waals surface area contributed by atoms with Crippen LogP contribution in [0.1, 0.15) is 0 Å².